The lowest BCUT2D eigenvalue weighted by molar-refractivity contribution is 0.0909. The molecular weight excluding hydrogens is 733 g/mol. The van der Waals surface area contributed by atoms with Gasteiger partial charge in [0.15, 0.2) is 9.84 Å². The van der Waals surface area contributed by atoms with Crippen molar-refractivity contribution in [2.75, 3.05) is 54.5 Å². The van der Waals surface area contributed by atoms with E-state index in [1.807, 2.05) is 45.9 Å². The molecule has 53 heavy (non-hydrogen) atoms. The number of ether oxygens (including phenoxy) is 1. The van der Waals surface area contributed by atoms with Gasteiger partial charge in [-0.25, -0.2) is 31.5 Å². The maximum Gasteiger partial charge on any atom is 0.274 e. The molecule has 2 aliphatic rings. The topological polar surface area (TPSA) is 169 Å². The molecule has 0 saturated carbocycles. The normalized spacial score (nSPS) is 18.2. The maximum absolute atomic E-state index is 13.3. The Bertz CT molecular complexity index is 2160. The van der Waals surface area contributed by atoms with Crippen LogP contribution in [-0.2, 0) is 37.9 Å². The van der Waals surface area contributed by atoms with Crippen LogP contribution in [0.4, 0.5) is 11.5 Å². The Balaban J connectivity index is 1.17. The molecule has 0 spiro atoms. The number of likely N-dealkylation sites (tertiary alicyclic amines) is 1. The number of anilines is 2. The van der Waals surface area contributed by atoms with Crippen LogP contribution in [0.15, 0.2) is 67.0 Å². The number of benzene rings is 1. The molecule has 2 saturated heterocycles. The molecule has 0 aliphatic carbocycles. The van der Waals surface area contributed by atoms with E-state index < -0.39 is 27.9 Å². The first-order chi connectivity index (χ1) is 25.2. The lowest BCUT2D eigenvalue weighted by Gasteiger charge is -2.32. The van der Waals surface area contributed by atoms with E-state index in [4.69, 9.17) is 4.74 Å². The second kappa shape index (κ2) is 16.2. The third-order valence-electron chi connectivity index (χ3n) is 9.49. The summed E-state index contributed by atoms with van der Waals surface area (Å²) in [6.07, 6.45) is 4.73. The first-order valence-corrected chi connectivity index (χ1v) is 24.9. The van der Waals surface area contributed by atoms with E-state index in [1.54, 1.807) is 12.3 Å². The van der Waals surface area contributed by atoms with Crippen molar-refractivity contribution in [3.05, 3.63) is 78.2 Å². The van der Waals surface area contributed by atoms with Gasteiger partial charge in [0.05, 0.1) is 22.6 Å². The summed E-state index contributed by atoms with van der Waals surface area (Å²) in [6.45, 7) is 13.9. The van der Waals surface area contributed by atoms with Crippen molar-refractivity contribution in [3.63, 3.8) is 0 Å². The number of piperidine rings is 1. The number of fused-ring (bicyclic) bond motifs is 1. The Kier molecular flexibility index (Phi) is 11.8. The summed E-state index contributed by atoms with van der Waals surface area (Å²) in [5.41, 5.74) is 4.23. The highest BCUT2D eigenvalue weighted by molar-refractivity contribution is 7.92. The number of sulfone groups is 1. The van der Waals surface area contributed by atoms with Crippen LogP contribution in [0.3, 0.4) is 0 Å². The molecule has 4 aromatic rings. The molecule has 0 unspecified atom stereocenters. The first-order valence-electron chi connectivity index (χ1n) is 17.8. The smallest absolute Gasteiger partial charge is 0.274 e. The summed E-state index contributed by atoms with van der Waals surface area (Å²) in [4.78, 5) is 31.0. The van der Waals surface area contributed by atoms with Gasteiger partial charge in [-0.05, 0) is 66.9 Å². The van der Waals surface area contributed by atoms with Gasteiger partial charge in [0.1, 0.15) is 30.2 Å². The molecule has 284 valence electrons. The van der Waals surface area contributed by atoms with E-state index in [2.05, 4.69) is 56.1 Å². The van der Waals surface area contributed by atoms with E-state index in [-0.39, 0.29) is 35.9 Å². The molecule has 2 N–H and O–H groups in total. The molecule has 2 fully saturated rings. The molecule has 0 bridgehead atoms. The van der Waals surface area contributed by atoms with Crippen LogP contribution in [0, 0.1) is 0 Å². The minimum atomic E-state index is -3.51. The summed E-state index contributed by atoms with van der Waals surface area (Å²) < 4.78 is 59.1. The van der Waals surface area contributed by atoms with Gasteiger partial charge in [0.2, 0.25) is 10.0 Å². The van der Waals surface area contributed by atoms with E-state index in [1.165, 1.54) is 6.33 Å². The number of nitrogens with one attached hydrogen (secondary N) is 2. The quantitative estimate of drug-likeness (QED) is 0.138. The fraction of sp³-hybridized carbons (Fsp3) is 0.444. The SMILES string of the molecule is C=CS(=O)(=O)N[C@@H]1CCCN(Cc2ccnc(C(=O)Nc3ccc(-c4cc5c(N6CCS(=O)(=O)CC6)ncnc5n4COCC[Si](C)(C)C)cc3)c2)C1. The van der Waals surface area contributed by atoms with Crippen molar-refractivity contribution >= 4 is 56.4 Å². The van der Waals surface area contributed by atoms with Crippen molar-refractivity contribution < 1.29 is 26.4 Å². The zero-order valence-corrected chi connectivity index (χ0v) is 33.1. The average molecular weight is 781 g/mol. The van der Waals surface area contributed by atoms with Crippen molar-refractivity contribution in [3.8, 4) is 11.3 Å². The summed E-state index contributed by atoms with van der Waals surface area (Å²) in [7, 11) is -7.88. The number of hydrogen-bond acceptors (Lipinski definition) is 11. The van der Waals surface area contributed by atoms with Gasteiger partial charge in [-0.15, -0.1) is 0 Å². The van der Waals surface area contributed by atoms with Gasteiger partial charge in [-0.3, -0.25) is 14.7 Å². The molecule has 6 rings (SSSR count). The van der Waals surface area contributed by atoms with Crippen LogP contribution in [0.1, 0.15) is 28.9 Å². The van der Waals surface area contributed by atoms with E-state index in [0.29, 0.717) is 49.9 Å². The molecule has 1 amide bonds. The van der Waals surface area contributed by atoms with Crippen LogP contribution in [0.25, 0.3) is 22.3 Å². The fourth-order valence-corrected chi connectivity index (χ4v) is 9.29. The lowest BCUT2D eigenvalue weighted by atomic mass is 10.1. The lowest BCUT2D eigenvalue weighted by Crippen LogP contribution is -2.46. The minimum Gasteiger partial charge on any atom is -0.361 e. The van der Waals surface area contributed by atoms with E-state index >= 15 is 0 Å². The average Bonchev–Trinajstić information content (AvgIpc) is 3.49. The molecule has 2 aliphatic heterocycles. The summed E-state index contributed by atoms with van der Waals surface area (Å²) in [6, 6.07) is 14.0. The number of sulfonamides is 1. The second-order valence-electron chi connectivity index (χ2n) is 14.9. The fourth-order valence-electron chi connectivity index (χ4n) is 6.58. The van der Waals surface area contributed by atoms with Gasteiger partial charge in [0.25, 0.3) is 5.91 Å². The number of amides is 1. The standard InChI is InChI=1S/C36H48N8O6S2Si/c1-5-52(48,49)41-30-7-6-14-42(24-30)23-27-12-13-37-32(21-27)36(45)40-29-10-8-28(9-11-29)33-22-31-34(43-15-18-51(46,47)19-16-43)38-25-39-35(31)44(33)26-50-17-20-53(2,3)4/h5,8-13,21-22,25,30,41H,1,6-7,14-20,23-24,26H2,2-4H3,(H,40,45)/t30-/m1/s1. The van der Waals surface area contributed by atoms with Gasteiger partial charge in [0, 0.05) is 64.2 Å². The molecule has 5 heterocycles. The summed E-state index contributed by atoms with van der Waals surface area (Å²) in [5, 5.41) is 4.70. The van der Waals surface area contributed by atoms with Crippen LogP contribution in [0.5, 0.6) is 0 Å². The van der Waals surface area contributed by atoms with Crippen molar-refractivity contribution in [1.82, 2.24) is 29.1 Å². The zero-order valence-electron chi connectivity index (χ0n) is 30.5. The number of pyridine rings is 1. The number of nitrogens with zero attached hydrogens (tertiary/aromatic N) is 6. The van der Waals surface area contributed by atoms with Gasteiger partial charge < -0.3 is 19.5 Å². The zero-order chi connectivity index (χ0) is 37.8. The van der Waals surface area contributed by atoms with Crippen molar-refractivity contribution in [1.29, 1.82) is 0 Å². The van der Waals surface area contributed by atoms with Crippen LogP contribution in [-0.4, -0.2) is 106 Å². The van der Waals surface area contributed by atoms with Gasteiger partial charge >= 0.3 is 0 Å². The summed E-state index contributed by atoms with van der Waals surface area (Å²) in [5.74, 6) is 0.520. The third kappa shape index (κ3) is 10.2. The van der Waals surface area contributed by atoms with E-state index in [9.17, 15) is 21.6 Å². The van der Waals surface area contributed by atoms with Gasteiger partial charge in [-0.1, -0.05) is 38.4 Å². The molecule has 1 atom stereocenters. The molecule has 14 nitrogen and oxygen atoms in total. The number of carbonyl (C=O) groups is 1. The Morgan fingerprint density at radius 2 is 1.81 bits per heavy atom. The van der Waals surface area contributed by atoms with Crippen LogP contribution >= 0.6 is 0 Å². The minimum absolute atomic E-state index is 0.0834. The molecule has 3 aromatic heterocycles. The number of aromatic nitrogens is 4. The Hall–Kier alpha value is -4.00. The van der Waals surface area contributed by atoms with Crippen LogP contribution < -0.4 is 14.9 Å². The molecular formula is C36H48N8O6S2Si. The third-order valence-corrected chi connectivity index (χ3v) is 13.9. The number of carbonyl (C=O) groups excluding carboxylic acids is 1. The highest BCUT2D eigenvalue weighted by atomic mass is 32.2. The molecule has 1 aromatic carbocycles. The number of rotatable bonds is 14. The Morgan fingerprint density at radius 1 is 1.06 bits per heavy atom. The van der Waals surface area contributed by atoms with E-state index in [0.717, 1.165) is 53.0 Å². The van der Waals surface area contributed by atoms with Crippen molar-refractivity contribution in [2.24, 2.45) is 0 Å². The predicted octanol–water partition coefficient (Wildman–Crippen LogP) is 4.32. The molecule has 17 heteroatoms. The maximum atomic E-state index is 13.3. The van der Waals surface area contributed by atoms with Crippen LogP contribution in [0.2, 0.25) is 25.7 Å². The second-order valence-corrected chi connectivity index (χ2v) is 24.4. The highest BCUT2D eigenvalue weighted by Crippen LogP contribution is 2.33. The first kappa shape index (κ1) is 38.7. The number of hydrogen-bond donors (Lipinski definition) is 2. The monoisotopic (exact) mass is 780 g/mol. The predicted molar refractivity (Wildman–Crippen MR) is 211 cm³/mol. The van der Waals surface area contributed by atoms with Crippen molar-refractivity contribution in [2.45, 2.75) is 57.8 Å². The largest absolute Gasteiger partial charge is 0.361 e. The van der Waals surface area contributed by atoms with Gasteiger partial charge in [-0.2, -0.15) is 0 Å². The Morgan fingerprint density at radius 3 is 2.53 bits per heavy atom. The molecule has 0 radical (unpaired) electrons. The Labute approximate surface area is 312 Å². The highest BCUT2D eigenvalue weighted by Gasteiger charge is 2.26. The summed E-state index contributed by atoms with van der Waals surface area (Å²) >= 11 is 0.